The van der Waals surface area contributed by atoms with Crippen LogP contribution >= 0.6 is 0 Å². The fourth-order valence-electron chi connectivity index (χ4n) is 2.00. The molecule has 0 unspecified atom stereocenters. The first-order valence-electron chi connectivity index (χ1n) is 6.44. The van der Waals surface area contributed by atoms with Gasteiger partial charge < -0.3 is 14.5 Å². The third kappa shape index (κ3) is 3.68. The standard InChI is InChI=1S/C15H16N2O4/c1-10-7-12(16-21-10)9-17(2)14(18)8-11-5-3-4-6-13(11)15(19)20/h3-7H,8-9H2,1-2H3,(H,19,20). The number of benzene rings is 1. The van der Waals surface area contributed by atoms with E-state index in [0.29, 0.717) is 23.6 Å². The van der Waals surface area contributed by atoms with Crippen molar-refractivity contribution in [3.8, 4) is 0 Å². The number of carboxylic acid groups (broad SMARTS) is 1. The lowest BCUT2D eigenvalue weighted by Crippen LogP contribution is -2.28. The first-order valence-corrected chi connectivity index (χ1v) is 6.44. The van der Waals surface area contributed by atoms with Crippen LogP contribution in [0.2, 0.25) is 0 Å². The lowest BCUT2D eigenvalue weighted by molar-refractivity contribution is -0.129. The summed E-state index contributed by atoms with van der Waals surface area (Å²) < 4.78 is 4.95. The molecule has 110 valence electrons. The SMILES string of the molecule is Cc1cc(CN(C)C(=O)Cc2ccccc2C(=O)O)no1. The van der Waals surface area contributed by atoms with Crippen LogP contribution in [0.3, 0.4) is 0 Å². The Kier molecular flexibility index (Phi) is 4.37. The molecular formula is C15H16N2O4. The third-order valence-corrected chi connectivity index (χ3v) is 3.09. The number of aromatic nitrogens is 1. The molecule has 0 bridgehead atoms. The zero-order valence-electron chi connectivity index (χ0n) is 11.9. The molecule has 0 spiro atoms. The normalized spacial score (nSPS) is 10.4. The second-order valence-electron chi connectivity index (χ2n) is 4.82. The molecule has 0 radical (unpaired) electrons. The molecule has 0 saturated carbocycles. The van der Waals surface area contributed by atoms with E-state index in [0.717, 1.165) is 0 Å². The Balaban J connectivity index is 2.05. The summed E-state index contributed by atoms with van der Waals surface area (Å²) in [6, 6.07) is 8.26. The van der Waals surface area contributed by atoms with Crippen LogP contribution in [0, 0.1) is 6.92 Å². The van der Waals surface area contributed by atoms with Gasteiger partial charge in [0.2, 0.25) is 5.91 Å². The number of carboxylic acids is 1. The van der Waals surface area contributed by atoms with Crippen molar-refractivity contribution in [3.05, 3.63) is 52.9 Å². The number of carbonyl (C=O) groups is 2. The minimum absolute atomic E-state index is 0.0375. The summed E-state index contributed by atoms with van der Waals surface area (Å²) in [5.41, 5.74) is 1.31. The second kappa shape index (κ2) is 6.21. The van der Waals surface area contributed by atoms with Crippen LogP contribution in [-0.4, -0.2) is 34.1 Å². The summed E-state index contributed by atoms with van der Waals surface area (Å²) in [4.78, 5) is 24.8. The van der Waals surface area contributed by atoms with E-state index in [-0.39, 0.29) is 17.9 Å². The highest BCUT2D eigenvalue weighted by Gasteiger charge is 2.16. The van der Waals surface area contributed by atoms with Gasteiger partial charge in [-0.15, -0.1) is 0 Å². The third-order valence-electron chi connectivity index (χ3n) is 3.09. The van der Waals surface area contributed by atoms with Crippen molar-refractivity contribution < 1.29 is 19.2 Å². The Bertz CT molecular complexity index is 663. The number of hydrogen-bond acceptors (Lipinski definition) is 4. The Morgan fingerprint density at radius 1 is 1.33 bits per heavy atom. The van der Waals surface area contributed by atoms with E-state index < -0.39 is 5.97 Å². The summed E-state index contributed by atoms with van der Waals surface area (Å²) >= 11 is 0. The van der Waals surface area contributed by atoms with Crippen LogP contribution in [0.4, 0.5) is 0 Å². The molecule has 0 atom stereocenters. The predicted octanol–water partition coefficient (Wildman–Crippen LogP) is 1.88. The van der Waals surface area contributed by atoms with Crippen LogP contribution in [0.25, 0.3) is 0 Å². The van der Waals surface area contributed by atoms with Crippen molar-refractivity contribution in [2.45, 2.75) is 19.9 Å². The number of rotatable bonds is 5. The van der Waals surface area contributed by atoms with Gasteiger partial charge in [-0.3, -0.25) is 4.79 Å². The quantitative estimate of drug-likeness (QED) is 0.908. The minimum atomic E-state index is -1.03. The molecule has 6 nitrogen and oxygen atoms in total. The average Bonchev–Trinajstić information content (AvgIpc) is 2.84. The van der Waals surface area contributed by atoms with Gasteiger partial charge in [0.1, 0.15) is 11.5 Å². The molecule has 0 aliphatic rings. The van der Waals surface area contributed by atoms with Gasteiger partial charge in [-0.1, -0.05) is 23.4 Å². The van der Waals surface area contributed by atoms with E-state index in [2.05, 4.69) is 5.16 Å². The molecule has 0 aliphatic heterocycles. The smallest absolute Gasteiger partial charge is 0.335 e. The zero-order chi connectivity index (χ0) is 15.4. The Labute approximate surface area is 122 Å². The highest BCUT2D eigenvalue weighted by molar-refractivity contribution is 5.91. The van der Waals surface area contributed by atoms with E-state index in [1.54, 1.807) is 38.2 Å². The topological polar surface area (TPSA) is 83.6 Å². The minimum Gasteiger partial charge on any atom is -0.478 e. The molecule has 1 amide bonds. The van der Waals surface area contributed by atoms with Crippen molar-refractivity contribution in [1.82, 2.24) is 10.1 Å². The molecular weight excluding hydrogens is 272 g/mol. The lowest BCUT2D eigenvalue weighted by atomic mass is 10.0. The van der Waals surface area contributed by atoms with Gasteiger partial charge in [-0.25, -0.2) is 4.79 Å². The van der Waals surface area contributed by atoms with Crippen molar-refractivity contribution in [2.24, 2.45) is 0 Å². The first kappa shape index (κ1) is 14.8. The highest BCUT2D eigenvalue weighted by atomic mass is 16.5. The van der Waals surface area contributed by atoms with E-state index in [1.165, 1.54) is 11.0 Å². The van der Waals surface area contributed by atoms with Crippen LogP contribution in [0.5, 0.6) is 0 Å². The van der Waals surface area contributed by atoms with E-state index in [9.17, 15) is 9.59 Å². The largest absolute Gasteiger partial charge is 0.478 e. The number of amides is 1. The first-order chi connectivity index (χ1) is 9.97. The molecule has 6 heteroatoms. The number of hydrogen-bond donors (Lipinski definition) is 1. The fraction of sp³-hybridized carbons (Fsp3) is 0.267. The number of aryl methyl sites for hydroxylation is 1. The van der Waals surface area contributed by atoms with Gasteiger partial charge in [0.25, 0.3) is 0 Å². The number of likely N-dealkylation sites (N-methyl/N-ethyl adjacent to an activating group) is 1. The molecule has 21 heavy (non-hydrogen) atoms. The Morgan fingerprint density at radius 3 is 2.67 bits per heavy atom. The zero-order valence-corrected chi connectivity index (χ0v) is 11.9. The van der Waals surface area contributed by atoms with E-state index >= 15 is 0 Å². The molecule has 1 heterocycles. The molecule has 1 aromatic heterocycles. The van der Waals surface area contributed by atoms with Crippen LogP contribution in [-0.2, 0) is 17.8 Å². The summed E-state index contributed by atoms with van der Waals surface area (Å²) in [6.45, 7) is 2.10. The molecule has 2 rings (SSSR count). The predicted molar refractivity (Wildman–Crippen MR) is 74.8 cm³/mol. The number of carbonyl (C=O) groups excluding carboxylic acids is 1. The summed E-state index contributed by atoms with van der Waals surface area (Å²) in [7, 11) is 1.65. The molecule has 0 aliphatic carbocycles. The Morgan fingerprint density at radius 2 is 2.05 bits per heavy atom. The van der Waals surface area contributed by atoms with Gasteiger partial charge in [-0.2, -0.15) is 0 Å². The van der Waals surface area contributed by atoms with Gasteiger partial charge in [-0.05, 0) is 18.6 Å². The molecule has 0 fully saturated rings. The van der Waals surface area contributed by atoms with E-state index in [4.69, 9.17) is 9.63 Å². The fourth-order valence-corrected chi connectivity index (χ4v) is 2.00. The number of nitrogens with zero attached hydrogens (tertiary/aromatic N) is 2. The van der Waals surface area contributed by atoms with Crippen molar-refractivity contribution >= 4 is 11.9 Å². The average molecular weight is 288 g/mol. The van der Waals surface area contributed by atoms with Crippen LogP contribution in [0.1, 0.15) is 27.4 Å². The van der Waals surface area contributed by atoms with Crippen molar-refractivity contribution in [1.29, 1.82) is 0 Å². The second-order valence-corrected chi connectivity index (χ2v) is 4.82. The van der Waals surface area contributed by atoms with Crippen LogP contribution < -0.4 is 0 Å². The summed E-state index contributed by atoms with van der Waals surface area (Å²) in [5.74, 6) is -0.528. The van der Waals surface area contributed by atoms with Gasteiger partial charge >= 0.3 is 5.97 Å². The maximum Gasteiger partial charge on any atom is 0.335 e. The lowest BCUT2D eigenvalue weighted by Gasteiger charge is -2.16. The molecule has 1 aromatic carbocycles. The Hall–Kier alpha value is -2.63. The maximum absolute atomic E-state index is 12.2. The molecule has 1 N–H and O–H groups in total. The van der Waals surface area contributed by atoms with Crippen LogP contribution in [0.15, 0.2) is 34.9 Å². The number of aromatic carboxylic acids is 1. The van der Waals surface area contributed by atoms with E-state index in [1.807, 2.05) is 0 Å². The molecule has 2 aromatic rings. The maximum atomic E-state index is 12.2. The van der Waals surface area contributed by atoms with Crippen molar-refractivity contribution in [3.63, 3.8) is 0 Å². The van der Waals surface area contributed by atoms with Crippen molar-refractivity contribution in [2.75, 3.05) is 7.05 Å². The monoisotopic (exact) mass is 288 g/mol. The highest BCUT2D eigenvalue weighted by Crippen LogP contribution is 2.12. The van der Waals surface area contributed by atoms with Gasteiger partial charge in [0.15, 0.2) is 0 Å². The summed E-state index contributed by atoms with van der Waals surface area (Å²) in [5, 5.41) is 12.9. The van der Waals surface area contributed by atoms with Gasteiger partial charge in [0, 0.05) is 13.1 Å². The molecule has 0 saturated heterocycles. The summed E-state index contributed by atoms with van der Waals surface area (Å²) in [6.07, 6.45) is 0.0375. The van der Waals surface area contributed by atoms with Gasteiger partial charge in [0.05, 0.1) is 18.5 Å².